The highest BCUT2D eigenvalue weighted by Crippen LogP contribution is 2.54. The van der Waals surface area contributed by atoms with Crippen LogP contribution in [0.2, 0.25) is 5.02 Å². The third-order valence-corrected chi connectivity index (χ3v) is 7.74. The van der Waals surface area contributed by atoms with Gasteiger partial charge in [0.15, 0.2) is 0 Å². The van der Waals surface area contributed by atoms with Gasteiger partial charge < -0.3 is 15.0 Å². The van der Waals surface area contributed by atoms with Crippen molar-refractivity contribution in [1.82, 2.24) is 15.2 Å². The lowest BCUT2D eigenvalue weighted by atomic mass is 9.76. The predicted molar refractivity (Wildman–Crippen MR) is 126 cm³/mol. The molecule has 2 aromatic carbocycles. The summed E-state index contributed by atoms with van der Waals surface area (Å²) in [5.74, 6) is -2.55. The monoisotopic (exact) mass is 478 g/mol. The highest BCUT2D eigenvalue weighted by atomic mass is 35.5. The number of carbonyl (C=O) groups excluding carboxylic acids is 3. The minimum absolute atomic E-state index is 0.154. The molecule has 1 aromatic heterocycles. The number of para-hydroxylation sites is 2. The van der Waals surface area contributed by atoms with Gasteiger partial charge in [-0.05, 0) is 24.1 Å². The summed E-state index contributed by atoms with van der Waals surface area (Å²) in [6.07, 6.45) is 2.41. The van der Waals surface area contributed by atoms with Gasteiger partial charge in [-0.3, -0.25) is 24.6 Å². The summed E-state index contributed by atoms with van der Waals surface area (Å²) in [6.45, 7) is 0.389. The number of halogens is 1. The van der Waals surface area contributed by atoms with Gasteiger partial charge in [-0.1, -0.05) is 41.9 Å². The van der Waals surface area contributed by atoms with Crippen LogP contribution in [0.1, 0.15) is 11.1 Å². The lowest BCUT2D eigenvalue weighted by molar-refractivity contribution is -0.143. The van der Waals surface area contributed by atoms with Crippen LogP contribution in [0.4, 0.5) is 5.69 Å². The Bertz CT molecular complexity index is 1350. The smallest absolute Gasteiger partial charge is 0.250 e. The topological polar surface area (TPSA) is 104 Å². The van der Waals surface area contributed by atoms with E-state index in [9.17, 15) is 14.4 Å². The van der Waals surface area contributed by atoms with Crippen LogP contribution in [0.25, 0.3) is 10.9 Å². The number of aromatic amines is 1. The van der Waals surface area contributed by atoms with Gasteiger partial charge in [-0.15, -0.1) is 0 Å². The second-order valence-electron chi connectivity index (χ2n) is 9.06. The number of H-pyrrole nitrogens is 1. The van der Waals surface area contributed by atoms with E-state index in [4.69, 9.17) is 16.3 Å². The molecule has 34 heavy (non-hydrogen) atoms. The zero-order valence-corrected chi connectivity index (χ0v) is 19.2. The maximum absolute atomic E-state index is 13.7. The normalized spacial score (nSPS) is 27.6. The first-order valence-electron chi connectivity index (χ1n) is 11.2. The zero-order valence-electron chi connectivity index (χ0n) is 18.4. The van der Waals surface area contributed by atoms with Crippen molar-refractivity contribution in [2.75, 3.05) is 25.6 Å². The molecule has 6 rings (SSSR count). The van der Waals surface area contributed by atoms with Crippen molar-refractivity contribution in [1.29, 1.82) is 0 Å². The molecule has 0 bridgehead atoms. The summed E-state index contributed by atoms with van der Waals surface area (Å²) in [7, 11) is 1.53. The molecule has 3 aromatic rings. The van der Waals surface area contributed by atoms with Gasteiger partial charge in [0.1, 0.15) is 5.54 Å². The number of hydrogen-bond donors (Lipinski definition) is 3. The second kappa shape index (κ2) is 7.66. The average Bonchev–Trinajstić information content (AvgIpc) is 3.54. The molecule has 3 N–H and O–H groups in total. The van der Waals surface area contributed by atoms with Crippen LogP contribution in [0.15, 0.2) is 48.7 Å². The van der Waals surface area contributed by atoms with Crippen LogP contribution in [0.3, 0.4) is 0 Å². The highest BCUT2D eigenvalue weighted by molar-refractivity contribution is 6.35. The number of fused-ring (bicyclic) bond motifs is 5. The summed E-state index contributed by atoms with van der Waals surface area (Å²) >= 11 is 6.39. The highest BCUT2D eigenvalue weighted by Gasteiger charge is 2.70. The maximum Gasteiger partial charge on any atom is 0.250 e. The van der Waals surface area contributed by atoms with Crippen molar-refractivity contribution >= 4 is 45.9 Å². The van der Waals surface area contributed by atoms with E-state index in [-0.39, 0.29) is 30.9 Å². The molecule has 4 atom stereocenters. The minimum Gasteiger partial charge on any atom is -0.383 e. The van der Waals surface area contributed by atoms with Crippen LogP contribution in [-0.2, 0) is 31.1 Å². The van der Waals surface area contributed by atoms with Crippen molar-refractivity contribution in [3.8, 4) is 0 Å². The molecule has 8 nitrogen and oxygen atoms in total. The lowest BCUT2D eigenvalue weighted by Gasteiger charge is -2.29. The van der Waals surface area contributed by atoms with Gasteiger partial charge in [0.2, 0.25) is 17.7 Å². The first kappa shape index (κ1) is 21.3. The summed E-state index contributed by atoms with van der Waals surface area (Å²) in [5, 5.41) is 7.77. The third-order valence-electron chi connectivity index (χ3n) is 7.42. The number of ether oxygens (including phenoxy) is 1. The number of nitrogens with one attached hydrogen (secondary N) is 3. The Morgan fingerprint density at radius 3 is 2.74 bits per heavy atom. The van der Waals surface area contributed by atoms with Gasteiger partial charge in [0, 0.05) is 35.8 Å². The first-order valence-corrected chi connectivity index (χ1v) is 11.6. The second-order valence-corrected chi connectivity index (χ2v) is 9.47. The number of anilines is 1. The van der Waals surface area contributed by atoms with Crippen LogP contribution in [0.5, 0.6) is 0 Å². The number of imide groups is 1. The standard InChI is InChI=1S/C25H23ClN4O4/c1-34-10-9-30-22(31)19-18(11-13-12-27-17-8-3-2-5-14(13)17)29-25(20(19)23(30)32)15-6-4-7-16(26)21(15)28-24(25)33/h2-8,12,18-20,27,29H,9-11H2,1H3,(H,28,33)/t18-,19-,20+,25-/m1/s1. The molecule has 3 aliphatic heterocycles. The Kier molecular flexibility index (Phi) is 4.81. The first-order chi connectivity index (χ1) is 16.5. The zero-order chi connectivity index (χ0) is 23.6. The van der Waals surface area contributed by atoms with Gasteiger partial charge >= 0.3 is 0 Å². The minimum atomic E-state index is -1.36. The van der Waals surface area contributed by atoms with Crippen LogP contribution < -0.4 is 10.6 Å². The van der Waals surface area contributed by atoms with Crippen molar-refractivity contribution in [3.05, 3.63) is 64.8 Å². The molecule has 0 saturated carbocycles. The Morgan fingerprint density at radius 1 is 1.09 bits per heavy atom. The Balaban J connectivity index is 1.47. The fourth-order valence-corrected chi connectivity index (χ4v) is 6.19. The number of rotatable bonds is 5. The fraction of sp³-hybridized carbons (Fsp3) is 0.320. The van der Waals surface area contributed by atoms with E-state index >= 15 is 0 Å². The number of aromatic nitrogens is 1. The van der Waals surface area contributed by atoms with Gasteiger partial charge in [-0.2, -0.15) is 0 Å². The number of methoxy groups -OCH3 is 1. The molecule has 9 heteroatoms. The molecule has 0 radical (unpaired) electrons. The molecular weight excluding hydrogens is 456 g/mol. The molecule has 0 aliphatic carbocycles. The molecular formula is C25H23ClN4O4. The van der Waals surface area contributed by atoms with E-state index in [0.29, 0.717) is 22.7 Å². The molecule has 2 saturated heterocycles. The largest absolute Gasteiger partial charge is 0.383 e. The maximum atomic E-state index is 13.7. The van der Waals surface area contributed by atoms with E-state index in [1.54, 1.807) is 18.2 Å². The molecule has 1 spiro atoms. The predicted octanol–water partition coefficient (Wildman–Crippen LogP) is 2.43. The van der Waals surface area contributed by atoms with E-state index in [1.807, 2.05) is 30.5 Å². The molecule has 3 amide bonds. The molecule has 0 unspecified atom stereocenters. The van der Waals surface area contributed by atoms with E-state index < -0.39 is 23.4 Å². The van der Waals surface area contributed by atoms with Crippen LogP contribution in [-0.4, -0.2) is 53.9 Å². The summed E-state index contributed by atoms with van der Waals surface area (Å²) in [6, 6.07) is 12.8. The molecule has 2 fully saturated rings. The summed E-state index contributed by atoms with van der Waals surface area (Å²) < 4.78 is 5.13. The molecule has 3 aliphatic rings. The van der Waals surface area contributed by atoms with E-state index in [2.05, 4.69) is 15.6 Å². The Labute approximate surface area is 200 Å². The van der Waals surface area contributed by atoms with E-state index in [1.165, 1.54) is 12.0 Å². The summed E-state index contributed by atoms with van der Waals surface area (Å²) in [4.78, 5) is 45.3. The quantitative estimate of drug-likeness (QED) is 0.489. The number of benzene rings is 2. The van der Waals surface area contributed by atoms with Crippen molar-refractivity contribution in [2.24, 2.45) is 11.8 Å². The number of carbonyl (C=O) groups is 3. The molecule has 174 valence electrons. The SMILES string of the molecule is COCCN1C(=O)[C@H]2[C@@H](C1=O)[C@@]1(N[C@@H]2Cc2c[nH]c3ccccc23)C(=O)Nc2c(Cl)cccc21. The fourth-order valence-electron chi connectivity index (χ4n) is 5.97. The lowest BCUT2D eigenvalue weighted by Crippen LogP contribution is -2.53. The van der Waals surface area contributed by atoms with Crippen molar-refractivity contribution in [2.45, 2.75) is 18.0 Å². The average molecular weight is 479 g/mol. The van der Waals surface area contributed by atoms with Crippen LogP contribution in [0, 0.1) is 11.8 Å². The van der Waals surface area contributed by atoms with Crippen molar-refractivity contribution < 1.29 is 19.1 Å². The molecule has 4 heterocycles. The number of hydrogen-bond acceptors (Lipinski definition) is 5. The third kappa shape index (κ3) is 2.76. The number of nitrogens with zero attached hydrogens (tertiary/aromatic N) is 1. The van der Waals surface area contributed by atoms with Crippen molar-refractivity contribution in [3.63, 3.8) is 0 Å². The summed E-state index contributed by atoms with van der Waals surface area (Å²) in [5.41, 5.74) is 1.74. The van der Waals surface area contributed by atoms with Gasteiger partial charge in [-0.25, -0.2) is 0 Å². The van der Waals surface area contributed by atoms with Gasteiger partial charge in [0.05, 0.1) is 35.7 Å². The Morgan fingerprint density at radius 2 is 1.91 bits per heavy atom. The van der Waals surface area contributed by atoms with Crippen LogP contribution >= 0.6 is 11.6 Å². The van der Waals surface area contributed by atoms with E-state index in [0.717, 1.165) is 16.5 Å². The Hall–Kier alpha value is -3.20. The number of amides is 3. The van der Waals surface area contributed by atoms with Gasteiger partial charge in [0.25, 0.3) is 0 Å². The number of likely N-dealkylation sites (tertiary alicyclic amines) is 1.